The number of nitrogens with one attached hydrogen (secondary N) is 1. The van der Waals surface area contributed by atoms with E-state index < -0.39 is 5.97 Å². The van der Waals surface area contributed by atoms with Crippen molar-refractivity contribution in [2.24, 2.45) is 0 Å². The summed E-state index contributed by atoms with van der Waals surface area (Å²) in [6.45, 7) is 1.66. The van der Waals surface area contributed by atoms with Crippen LogP contribution < -0.4 is 11.1 Å². The summed E-state index contributed by atoms with van der Waals surface area (Å²) in [5.41, 5.74) is 7.02. The molecule has 1 aromatic rings. The highest BCUT2D eigenvalue weighted by Gasteiger charge is 2.11. The maximum absolute atomic E-state index is 11.6. The van der Waals surface area contributed by atoms with Gasteiger partial charge in [0, 0.05) is 11.7 Å². The topological polar surface area (TPSA) is 92.4 Å². The highest BCUT2D eigenvalue weighted by Crippen LogP contribution is 2.06. The van der Waals surface area contributed by atoms with E-state index in [2.05, 4.69) is 5.32 Å². The SMILES string of the molecule is CC(CC(=O)O)NC(=O)Cc1ccc(N)cc1. The summed E-state index contributed by atoms with van der Waals surface area (Å²) in [6.07, 6.45) is 0.151. The number of carbonyl (C=O) groups is 2. The van der Waals surface area contributed by atoms with Crippen LogP contribution in [0.25, 0.3) is 0 Å². The number of carboxylic acid groups (broad SMARTS) is 1. The molecular formula is C12H16N2O3. The molecule has 0 heterocycles. The van der Waals surface area contributed by atoms with E-state index >= 15 is 0 Å². The van der Waals surface area contributed by atoms with Gasteiger partial charge in [-0.1, -0.05) is 12.1 Å². The van der Waals surface area contributed by atoms with Crippen LogP contribution in [0, 0.1) is 0 Å². The summed E-state index contributed by atoms with van der Waals surface area (Å²) in [5, 5.41) is 11.2. The number of carboxylic acids is 1. The molecule has 1 atom stereocenters. The Morgan fingerprint density at radius 1 is 1.35 bits per heavy atom. The summed E-state index contributed by atoms with van der Waals surface area (Å²) in [5.74, 6) is -1.12. The smallest absolute Gasteiger partial charge is 0.305 e. The first kappa shape index (κ1) is 13.0. The van der Waals surface area contributed by atoms with Gasteiger partial charge in [0.05, 0.1) is 12.8 Å². The van der Waals surface area contributed by atoms with E-state index in [-0.39, 0.29) is 24.8 Å². The minimum atomic E-state index is -0.926. The summed E-state index contributed by atoms with van der Waals surface area (Å²) >= 11 is 0. The molecule has 0 aliphatic carbocycles. The zero-order valence-electron chi connectivity index (χ0n) is 9.64. The number of anilines is 1. The molecule has 0 aliphatic heterocycles. The van der Waals surface area contributed by atoms with Crippen molar-refractivity contribution in [3.63, 3.8) is 0 Å². The minimum absolute atomic E-state index is 0.0759. The lowest BCUT2D eigenvalue weighted by molar-refractivity contribution is -0.137. The molecule has 5 nitrogen and oxygen atoms in total. The molecule has 1 unspecified atom stereocenters. The van der Waals surface area contributed by atoms with Crippen LogP contribution in [0.5, 0.6) is 0 Å². The average Bonchev–Trinajstić information content (AvgIpc) is 2.19. The van der Waals surface area contributed by atoms with Crippen molar-refractivity contribution in [1.29, 1.82) is 0 Å². The van der Waals surface area contributed by atoms with Crippen molar-refractivity contribution < 1.29 is 14.7 Å². The van der Waals surface area contributed by atoms with Crippen molar-refractivity contribution in [2.75, 3.05) is 5.73 Å². The fraction of sp³-hybridized carbons (Fsp3) is 0.333. The maximum Gasteiger partial charge on any atom is 0.305 e. The van der Waals surface area contributed by atoms with Crippen molar-refractivity contribution in [1.82, 2.24) is 5.32 Å². The Labute approximate surface area is 99.6 Å². The molecule has 0 aliphatic rings. The Balaban J connectivity index is 2.44. The van der Waals surface area contributed by atoms with Gasteiger partial charge in [0.25, 0.3) is 0 Å². The van der Waals surface area contributed by atoms with Gasteiger partial charge in [-0.25, -0.2) is 0 Å². The molecule has 1 amide bonds. The first-order valence-electron chi connectivity index (χ1n) is 5.33. The van der Waals surface area contributed by atoms with Gasteiger partial charge in [0.15, 0.2) is 0 Å². The largest absolute Gasteiger partial charge is 0.481 e. The summed E-state index contributed by atoms with van der Waals surface area (Å²) in [4.78, 5) is 22.0. The number of benzene rings is 1. The van der Waals surface area contributed by atoms with Crippen LogP contribution in [0.15, 0.2) is 24.3 Å². The monoisotopic (exact) mass is 236 g/mol. The number of hydrogen-bond acceptors (Lipinski definition) is 3. The van der Waals surface area contributed by atoms with Crippen molar-refractivity contribution >= 4 is 17.6 Å². The fourth-order valence-corrected chi connectivity index (χ4v) is 1.46. The standard InChI is InChI=1S/C12H16N2O3/c1-8(6-12(16)17)14-11(15)7-9-2-4-10(13)5-3-9/h2-5,8H,6-7,13H2,1H3,(H,14,15)(H,16,17). The Morgan fingerprint density at radius 3 is 2.47 bits per heavy atom. The number of hydrogen-bond donors (Lipinski definition) is 3. The van der Waals surface area contributed by atoms with E-state index in [0.29, 0.717) is 5.69 Å². The third-order valence-electron chi connectivity index (χ3n) is 2.23. The molecule has 0 saturated heterocycles. The van der Waals surface area contributed by atoms with E-state index in [0.717, 1.165) is 5.56 Å². The number of aliphatic carboxylic acids is 1. The molecule has 0 saturated carbocycles. The lowest BCUT2D eigenvalue weighted by Gasteiger charge is -2.11. The Morgan fingerprint density at radius 2 is 1.94 bits per heavy atom. The zero-order valence-corrected chi connectivity index (χ0v) is 9.64. The normalized spacial score (nSPS) is 11.8. The van der Waals surface area contributed by atoms with Crippen LogP contribution in [0.1, 0.15) is 18.9 Å². The molecule has 17 heavy (non-hydrogen) atoms. The Kier molecular flexibility index (Phi) is 4.51. The first-order chi connectivity index (χ1) is 7.97. The molecule has 0 spiro atoms. The van der Waals surface area contributed by atoms with Gasteiger partial charge in [-0.2, -0.15) is 0 Å². The fourth-order valence-electron chi connectivity index (χ4n) is 1.46. The van der Waals surface area contributed by atoms with Crippen LogP contribution in [0.2, 0.25) is 0 Å². The molecular weight excluding hydrogens is 220 g/mol. The Hall–Kier alpha value is -2.04. The zero-order chi connectivity index (χ0) is 12.8. The maximum atomic E-state index is 11.6. The number of amides is 1. The van der Waals surface area contributed by atoms with Gasteiger partial charge in [-0.3, -0.25) is 9.59 Å². The van der Waals surface area contributed by atoms with Gasteiger partial charge >= 0.3 is 5.97 Å². The van der Waals surface area contributed by atoms with E-state index in [1.807, 2.05) is 0 Å². The molecule has 0 bridgehead atoms. The predicted molar refractivity (Wildman–Crippen MR) is 64.4 cm³/mol. The molecule has 0 aromatic heterocycles. The molecule has 0 fully saturated rings. The molecule has 1 rings (SSSR count). The lowest BCUT2D eigenvalue weighted by Crippen LogP contribution is -2.35. The van der Waals surface area contributed by atoms with Crippen molar-refractivity contribution in [3.05, 3.63) is 29.8 Å². The highest BCUT2D eigenvalue weighted by atomic mass is 16.4. The summed E-state index contributed by atoms with van der Waals surface area (Å²) in [6, 6.07) is 6.63. The van der Waals surface area contributed by atoms with E-state index in [9.17, 15) is 9.59 Å². The Bertz CT molecular complexity index is 401. The van der Waals surface area contributed by atoms with Crippen LogP contribution >= 0.6 is 0 Å². The van der Waals surface area contributed by atoms with E-state index in [4.69, 9.17) is 10.8 Å². The van der Waals surface area contributed by atoms with Gasteiger partial charge in [0.2, 0.25) is 5.91 Å². The van der Waals surface area contributed by atoms with Crippen LogP contribution in [-0.4, -0.2) is 23.0 Å². The van der Waals surface area contributed by atoms with Gasteiger partial charge in [-0.05, 0) is 24.6 Å². The van der Waals surface area contributed by atoms with Gasteiger partial charge in [-0.15, -0.1) is 0 Å². The van der Waals surface area contributed by atoms with E-state index in [1.165, 1.54) is 0 Å². The van der Waals surface area contributed by atoms with Gasteiger partial charge in [0.1, 0.15) is 0 Å². The van der Waals surface area contributed by atoms with E-state index in [1.54, 1.807) is 31.2 Å². The highest BCUT2D eigenvalue weighted by molar-refractivity contribution is 5.79. The summed E-state index contributed by atoms with van der Waals surface area (Å²) < 4.78 is 0. The molecule has 5 heteroatoms. The van der Waals surface area contributed by atoms with Crippen molar-refractivity contribution in [2.45, 2.75) is 25.8 Å². The molecule has 0 radical (unpaired) electrons. The number of nitrogen functional groups attached to an aromatic ring is 1. The quantitative estimate of drug-likeness (QED) is 0.659. The third kappa shape index (κ3) is 5.01. The molecule has 1 aromatic carbocycles. The minimum Gasteiger partial charge on any atom is -0.481 e. The molecule has 92 valence electrons. The summed E-state index contributed by atoms with van der Waals surface area (Å²) in [7, 11) is 0. The van der Waals surface area contributed by atoms with Crippen LogP contribution in [0.3, 0.4) is 0 Å². The second-order valence-electron chi connectivity index (χ2n) is 3.98. The number of rotatable bonds is 5. The number of nitrogens with two attached hydrogens (primary N) is 1. The average molecular weight is 236 g/mol. The third-order valence-corrected chi connectivity index (χ3v) is 2.23. The predicted octanol–water partition coefficient (Wildman–Crippen LogP) is 0.791. The van der Waals surface area contributed by atoms with Crippen molar-refractivity contribution in [3.8, 4) is 0 Å². The number of carbonyl (C=O) groups excluding carboxylic acids is 1. The molecule has 4 N–H and O–H groups in total. The van der Waals surface area contributed by atoms with Crippen LogP contribution in [-0.2, 0) is 16.0 Å². The second-order valence-corrected chi connectivity index (χ2v) is 3.98. The second kappa shape index (κ2) is 5.89. The van der Waals surface area contributed by atoms with Gasteiger partial charge < -0.3 is 16.2 Å². The van der Waals surface area contributed by atoms with Crippen LogP contribution in [0.4, 0.5) is 5.69 Å². The first-order valence-corrected chi connectivity index (χ1v) is 5.33. The lowest BCUT2D eigenvalue weighted by atomic mass is 10.1.